The standard InChI is InChI=1S/C4H2N6O10/c11-6(12)3(7(13)14)1-2(10(19)20-5-1)4(8(15)16)9(17)18/h3-4H. The second-order valence-corrected chi connectivity index (χ2v) is 3.09. The molecule has 20 heavy (non-hydrogen) atoms. The molecule has 0 saturated heterocycles. The van der Waals surface area contributed by atoms with E-state index in [1.807, 2.05) is 0 Å². The summed E-state index contributed by atoms with van der Waals surface area (Å²) < 4.78 is 3.75. The molecule has 1 rings (SSSR count). The molecule has 1 heterocycles. The summed E-state index contributed by atoms with van der Waals surface area (Å²) in [5.74, 6) is 0. The molecule has 0 atom stereocenters. The van der Waals surface area contributed by atoms with Crippen LogP contribution in [-0.2, 0) is 0 Å². The van der Waals surface area contributed by atoms with Gasteiger partial charge in [0, 0.05) is 0 Å². The normalized spacial score (nSPS) is 10.7. The molecule has 0 saturated carbocycles. The van der Waals surface area contributed by atoms with Crippen molar-refractivity contribution >= 4 is 0 Å². The molecule has 0 fully saturated rings. The molecule has 1 aromatic heterocycles. The minimum absolute atomic E-state index is 0.856. The van der Waals surface area contributed by atoms with Gasteiger partial charge in [0.15, 0.2) is 0 Å². The van der Waals surface area contributed by atoms with Gasteiger partial charge in [-0.05, 0) is 4.90 Å². The summed E-state index contributed by atoms with van der Waals surface area (Å²) in [6, 6.07) is 0. The van der Waals surface area contributed by atoms with Crippen LogP contribution in [-0.4, -0.2) is 24.8 Å². The highest BCUT2D eigenvalue weighted by Crippen LogP contribution is 2.24. The van der Waals surface area contributed by atoms with Crippen LogP contribution in [0.3, 0.4) is 0 Å². The quantitative estimate of drug-likeness (QED) is 0.251. The molecule has 0 bridgehead atoms. The van der Waals surface area contributed by atoms with Gasteiger partial charge in [-0.2, -0.15) is 0 Å². The first-order valence-electron chi connectivity index (χ1n) is 4.32. The van der Waals surface area contributed by atoms with Crippen LogP contribution in [0.15, 0.2) is 4.63 Å². The van der Waals surface area contributed by atoms with Crippen molar-refractivity contribution in [2.45, 2.75) is 12.3 Å². The Morgan fingerprint density at radius 3 is 1.65 bits per heavy atom. The highest BCUT2D eigenvalue weighted by molar-refractivity contribution is 5.06. The fourth-order valence-electron chi connectivity index (χ4n) is 1.22. The first kappa shape index (κ1) is 14.6. The summed E-state index contributed by atoms with van der Waals surface area (Å²) in [7, 11) is 0. The van der Waals surface area contributed by atoms with Gasteiger partial charge >= 0.3 is 23.7 Å². The molecule has 108 valence electrons. The lowest BCUT2D eigenvalue weighted by atomic mass is 10.2. The van der Waals surface area contributed by atoms with Gasteiger partial charge in [-0.15, -0.1) is 0 Å². The van der Waals surface area contributed by atoms with Gasteiger partial charge in [0.1, 0.15) is 19.7 Å². The third kappa shape index (κ3) is 2.37. The van der Waals surface area contributed by atoms with Crippen LogP contribution in [0.5, 0.6) is 0 Å². The molecule has 0 aliphatic rings. The van der Waals surface area contributed by atoms with E-state index in [1.54, 1.807) is 0 Å². The zero-order chi connectivity index (χ0) is 15.6. The summed E-state index contributed by atoms with van der Waals surface area (Å²) >= 11 is 0. The molecule has 16 nitrogen and oxygen atoms in total. The van der Waals surface area contributed by atoms with E-state index < -0.39 is 48.3 Å². The molecule has 0 N–H and O–H groups in total. The number of hydrogen-bond donors (Lipinski definition) is 0. The lowest BCUT2D eigenvalue weighted by Crippen LogP contribution is -2.37. The summed E-state index contributed by atoms with van der Waals surface area (Å²) in [6.45, 7) is 0. The Labute approximate surface area is 105 Å². The van der Waals surface area contributed by atoms with Gasteiger partial charge in [-0.1, -0.05) is 0 Å². The topological polar surface area (TPSA) is 226 Å². The maximum Gasteiger partial charge on any atom is 0.521 e. The predicted molar refractivity (Wildman–Crippen MR) is 48.9 cm³/mol. The molecule has 16 heteroatoms. The lowest BCUT2D eigenvalue weighted by molar-refractivity contribution is -0.848. The molecule has 0 spiro atoms. The van der Waals surface area contributed by atoms with Crippen molar-refractivity contribution in [3.05, 3.63) is 57.1 Å². The maximum atomic E-state index is 11.1. The van der Waals surface area contributed by atoms with Gasteiger partial charge in [0.05, 0.1) is 5.16 Å². The van der Waals surface area contributed by atoms with Crippen LogP contribution in [0.4, 0.5) is 0 Å². The third-order valence-corrected chi connectivity index (χ3v) is 1.96. The Morgan fingerprint density at radius 1 is 0.900 bits per heavy atom. The van der Waals surface area contributed by atoms with Gasteiger partial charge < -0.3 is 5.21 Å². The summed E-state index contributed by atoms with van der Waals surface area (Å²) in [5, 5.41) is 55.7. The van der Waals surface area contributed by atoms with E-state index in [2.05, 4.69) is 9.79 Å². The second kappa shape index (κ2) is 5.04. The van der Waals surface area contributed by atoms with Gasteiger partial charge in [-0.25, -0.2) is 0 Å². The smallest absolute Gasteiger partial charge is 0.359 e. The maximum absolute atomic E-state index is 11.1. The molecule has 0 radical (unpaired) electrons. The number of nitro groups is 4. The number of aromatic nitrogens is 2. The van der Waals surface area contributed by atoms with E-state index in [0.717, 1.165) is 0 Å². The molecular formula is C4H2N6O10. The van der Waals surface area contributed by atoms with Gasteiger partial charge in [0.25, 0.3) is 0 Å². The van der Waals surface area contributed by atoms with E-state index in [1.165, 1.54) is 0 Å². The Balaban J connectivity index is 3.52. The summed E-state index contributed by atoms with van der Waals surface area (Å²) in [6.07, 6.45) is -5.90. The zero-order valence-electron chi connectivity index (χ0n) is 8.92. The minimum Gasteiger partial charge on any atom is -0.359 e. The van der Waals surface area contributed by atoms with E-state index >= 15 is 0 Å². The number of hydrogen-bond acceptors (Lipinski definition) is 11. The SMILES string of the molecule is O=[N+]([O-])C(c1no[n+]([O-])c1C([N+](=O)[O-])[N+](=O)[O-])[N+](=O)[O-]. The summed E-state index contributed by atoms with van der Waals surface area (Å²) in [5.41, 5.74) is -2.97. The number of nitrogens with zero attached hydrogens (tertiary/aromatic N) is 6. The van der Waals surface area contributed by atoms with Crippen LogP contribution in [0, 0.1) is 45.7 Å². The molecule has 1 aromatic rings. The molecule has 0 aromatic carbocycles. The van der Waals surface area contributed by atoms with Crippen molar-refractivity contribution in [2.24, 2.45) is 0 Å². The van der Waals surface area contributed by atoms with Crippen LogP contribution in [0.1, 0.15) is 23.7 Å². The van der Waals surface area contributed by atoms with Crippen molar-refractivity contribution in [3.63, 3.8) is 0 Å². The Kier molecular flexibility index (Phi) is 3.68. The highest BCUT2D eigenvalue weighted by atomic mass is 16.8. The van der Waals surface area contributed by atoms with Crippen molar-refractivity contribution in [1.82, 2.24) is 5.16 Å². The van der Waals surface area contributed by atoms with Crippen molar-refractivity contribution in [1.29, 1.82) is 0 Å². The van der Waals surface area contributed by atoms with Crippen molar-refractivity contribution in [3.8, 4) is 0 Å². The first-order valence-corrected chi connectivity index (χ1v) is 4.32. The van der Waals surface area contributed by atoms with E-state index in [4.69, 9.17) is 0 Å². The predicted octanol–water partition coefficient (Wildman–Crippen LogP) is -1.59. The average molecular weight is 294 g/mol. The fraction of sp³-hybridized carbons (Fsp3) is 0.500. The molecule has 0 amide bonds. The van der Waals surface area contributed by atoms with Crippen LogP contribution < -0.4 is 4.90 Å². The average Bonchev–Trinajstić information content (AvgIpc) is 2.60. The van der Waals surface area contributed by atoms with E-state index in [-0.39, 0.29) is 0 Å². The van der Waals surface area contributed by atoms with E-state index in [9.17, 15) is 45.7 Å². The molecule has 0 unspecified atom stereocenters. The number of rotatable bonds is 6. The van der Waals surface area contributed by atoms with Crippen molar-refractivity contribution in [2.75, 3.05) is 0 Å². The van der Waals surface area contributed by atoms with Crippen molar-refractivity contribution < 1.29 is 29.2 Å². The first-order chi connectivity index (χ1) is 9.18. The lowest BCUT2D eigenvalue weighted by Gasteiger charge is -1.99. The molecular weight excluding hydrogens is 292 g/mol. The monoisotopic (exact) mass is 294 g/mol. The van der Waals surface area contributed by atoms with Crippen LogP contribution in [0.2, 0.25) is 0 Å². The summed E-state index contributed by atoms with van der Waals surface area (Å²) in [4.78, 5) is 34.9. The zero-order valence-corrected chi connectivity index (χ0v) is 8.92. The second-order valence-electron chi connectivity index (χ2n) is 3.09. The molecule has 0 aliphatic heterocycles. The minimum atomic E-state index is -2.99. The van der Waals surface area contributed by atoms with Gasteiger partial charge in [0.2, 0.25) is 0 Å². The third-order valence-electron chi connectivity index (χ3n) is 1.96. The molecule has 0 aliphatic carbocycles. The van der Waals surface area contributed by atoms with Gasteiger partial charge in [-0.3, -0.25) is 45.1 Å². The van der Waals surface area contributed by atoms with Crippen LogP contribution in [0.25, 0.3) is 0 Å². The van der Waals surface area contributed by atoms with E-state index in [0.29, 0.717) is 0 Å². The Bertz CT molecular complexity index is 565. The largest absolute Gasteiger partial charge is 0.521 e. The Morgan fingerprint density at radius 2 is 1.30 bits per heavy atom. The highest BCUT2D eigenvalue weighted by Gasteiger charge is 2.56. The van der Waals surface area contributed by atoms with Crippen LogP contribution >= 0.6 is 0 Å². The Hall–Kier alpha value is -3.46. The fourth-order valence-corrected chi connectivity index (χ4v) is 1.22.